The van der Waals surface area contributed by atoms with Gasteiger partial charge in [0.1, 0.15) is 11.6 Å². The van der Waals surface area contributed by atoms with Crippen molar-refractivity contribution in [1.29, 1.82) is 5.26 Å². The third kappa shape index (κ3) is 3.38. The molecule has 3 aromatic rings. The highest BCUT2D eigenvalue weighted by atomic mass is 16.2. The summed E-state index contributed by atoms with van der Waals surface area (Å²) in [7, 11) is 1.92. The quantitative estimate of drug-likeness (QED) is 0.684. The van der Waals surface area contributed by atoms with E-state index in [0.29, 0.717) is 24.1 Å². The van der Waals surface area contributed by atoms with Crippen molar-refractivity contribution in [2.24, 2.45) is 0 Å². The molecule has 6 nitrogen and oxygen atoms in total. The minimum Gasteiger partial charge on any atom is -0.339 e. The maximum atomic E-state index is 13.0. The molecular formula is C23H25N5O. The zero-order chi connectivity index (χ0) is 20.5. The SMILES string of the molecule is Cc1nc2c(C#N)cnn2c(C)c1CCC(=O)N(C)[C@H]1CCCc2ccccc21. The number of carbonyl (C=O) groups excluding carboxylic acids is 1. The molecule has 0 saturated carbocycles. The van der Waals surface area contributed by atoms with E-state index in [2.05, 4.69) is 40.4 Å². The molecule has 0 aliphatic heterocycles. The molecule has 1 aliphatic carbocycles. The molecule has 148 valence electrons. The van der Waals surface area contributed by atoms with Gasteiger partial charge in [-0.3, -0.25) is 4.79 Å². The van der Waals surface area contributed by atoms with Crippen molar-refractivity contribution in [1.82, 2.24) is 19.5 Å². The Balaban J connectivity index is 1.53. The van der Waals surface area contributed by atoms with Gasteiger partial charge in [-0.25, -0.2) is 9.50 Å². The second-order valence-electron chi connectivity index (χ2n) is 7.78. The number of carbonyl (C=O) groups is 1. The summed E-state index contributed by atoms with van der Waals surface area (Å²) in [6.07, 6.45) is 5.79. The van der Waals surface area contributed by atoms with Crippen LogP contribution < -0.4 is 0 Å². The van der Waals surface area contributed by atoms with Gasteiger partial charge in [0.2, 0.25) is 5.91 Å². The first kappa shape index (κ1) is 19.1. The minimum absolute atomic E-state index is 0.142. The van der Waals surface area contributed by atoms with Gasteiger partial charge < -0.3 is 4.90 Å². The molecule has 2 heterocycles. The number of nitriles is 1. The van der Waals surface area contributed by atoms with E-state index < -0.39 is 0 Å². The Labute approximate surface area is 170 Å². The molecule has 1 aliphatic rings. The molecule has 0 N–H and O–H groups in total. The molecule has 6 heteroatoms. The Morgan fingerprint density at radius 1 is 1.34 bits per heavy atom. The highest BCUT2D eigenvalue weighted by Gasteiger charge is 2.26. The van der Waals surface area contributed by atoms with Crippen LogP contribution in [0, 0.1) is 25.2 Å². The fourth-order valence-corrected chi connectivity index (χ4v) is 4.46. The molecule has 0 bridgehead atoms. The number of rotatable bonds is 4. The molecule has 29 heavy (non-hydrogen) atoms. The summed E-state index contributed by atoms with van der Waals surface area (Å²) in [4.78, 5) is 19.5. The first-order valence-corrected chi connectivity index (χ1v) is 10.1. The van der Waals surface area contributed by atoms with Crippen LogP contribution in [-0.4, -0.2) is 32.5 Å². The standard InChI is InChI=1S/C23H25N5O/c1-15-19(16(2)28-23(26-15)18(13-24)14-25-28)11-12-22(29)27(3)21-10-6-8-17-7-4-5-9-20(17)21/h4-5,7,9,14,21H,6,8,10-12H2,1-3H3/t21-/m0/s1. The lowest BCUT2D eigenvalue weighted by Gasteiger charge is -2.33. The number of fused-ring (bicyclic) bond motifs is 2. The fourth-order valence-electron chi connectivity index (χ4n) is 4.46. The molecule has 0 unspecified atom stereocenters. The van der Waals surface area contributed by atoms with Crippen LogP contribution >= 0.6 is 0 Å². The summed E-state index contributed by atoms with van der Waals surface area (Å²) in [6, 6.07) is 10.7. The topological polar surface area (TPSA) is 74.3 Å². The maximum absolute atomic E-state index is 13.0. The summed E-state index contributed by atoms with van der Waals surface area (Å²) in [5.74, 6) is 0.142. The fraction of sp³-hybridized carbons (Fsp3) is 0.391. The van der Waals surface area contributed by atoms with Crippen LogP contribution in [0.25, 0.3) is 5.65 Å². The molecule has 0 spiro atoms. The lowest BCUT2D eigenvalue weighted by molar-refractivity contribution is -0.132. The summed E-state index contributed by atoms with van der Waals surface area (Å²) in [6.45, 7) is 3.90. The van der Waals surface area contributed by atoms with Gasteiger partial charge in [-0.05, 0) is 56.2 Å². The Bertz CT molecular complexity index is 1120. The van der Waals surface area contributed by atoms with E-state index in [1.165, 1.54) is 17.3 Å². The van der Waals surface area contributed by atoms with Gasteiger partial charge in [-0.15, -0.1) is 0 Å². The monoisotopic (exact) mass is 387 g/mol. The largest absolute Gasteiger partial charge is 0.339 e. The predicted molar refractivity (Wildman–Crippen MR) is 110 cm³/mol. The second kappa shape index (κ2) is 7.67. The smallest absolute Gasteiger partial charge is 0.223 e. The molecule has 0 fully saturated rings. The number of hydrogen-bond donors (Lipinski definition) is 0. The molecule has 1 amide bonds. The van der Waals surface area contributed by atoms with E-state index in [0.717, 1.165) is 36.2 Å². The van der Waals surface area contributed by atoms with Crippen LogP contribution in [-0.2, 0) is 17.6 Å². The van der Waals surface area contributed by atoms with Crippen molar-refractivity contribution in [2.75, 3.05) is 7.05 Å². The average molecular weight is 387 g/mol. The van der Waals surface area contributed by atoms with Gasteiger partial charge in [-0.1, -0.05) is 24.3 Å². The highest BCUT2D eigenvalue weighted by Crippen LogP contribution is 2.33. The van der Waals surface area contributed by atoms with Gasteiger partial charge >= 0.3 is 0 Å². The Hall–Kier alpha value is -3.20. The van der Waals surface area contributed by atoms with Gasteiger partial charge in [0.05, 0.1) is 12.2 Å². The zero-order valence-electron chi connectivity index (χ0n) is 17.1. The van der Waals surface area contributed by atoms with Crippen LogP contribution in [0.15, 0.2) is 30.5 Å². The van der Waals surface area contributed by atoms with Crippen LogP contribution in [0.3, 0.4) is 0 Å². The summed E-state index contributed by atoms with van der Waals surface area (Å²) in [5, 5.41) is 13.5. The first-order chi connectivity index (χ1) is 14.0. The summed E-state index contributed by atoms with van der Waals surface area (Å²) in [5.41, 5.74) is 6.50. The minimum atomic E-state index is 0.142. The van der Waals surface area contributed by atoms with E-state index in [1.54, 1.807) is 4.52 Å². The molecule has 1 aromatic carbocycles. The van der Waals surface area contributed by atoms with Gasteiger partial charge in [-0.2, -0.15) is 10.4 Å². The lowest BCUT2D eigenvalue weighted by Crippen LogP contribution is -2.33. The Morgan fingerprint density at radius 3 is 2.93 bits per heavy atom. The number of aromatic nitrogens is 3. The number of nitrogens with zero attached hydrogens (tertiary/aromatic N) is 5. The second-order valence-corrected chi connectivity index (χ2v) is 7.78. The molecular weight excluding hydrogens is 362 g/mol. The first-order valence-electron chi connectivity index (χ1n) is 10.1. The third-order valence-electron chi connectivity index (χ3n) is 6.12. The van der Waals surface area contributed by atoms with E-state index in [4.69, 9.17) is 0 Å². The lowest BCUT2D eigenvalue weighted by atomic mass is 9.87. The van der Waals surface area contributed by atoms with Crippen molar-refractivity contribution in [2.45, 2.75) is 52.0 Å². The van der Waals surface area contributed by atoms with E-state index in [9.17, 15) is 10.1 Å². The van der Waals surface area contributed by atoms with Crippen molar-refractivity contribution in [3.63, 3.8) is 0 Å². The molecule has 4 rings (SSSR count). The Morgan fingerprint density at radius 2 is 2.14 bits per heavy atom. The molecule has 1 atom stereocenters. The molecule has 2 aromatic heterocycles. The average Bonchev–Trinajstić information content (AvgIpc) is 3.15. The van der Waals surface area contributed by atoms with Crippen molar-refractivity contribution >= 4 is 11.6 Å². The third-order valence-corrected chi connectivity index (χ3v) is 6.12. The van der Waals surface area contributed by atoms with Crippen molar-refractivity contribution < 1.29 is 4.79 Å². The van der Waals surface area contributed by atoms with E-state index in [1.807, 2.05) is 25.8 Å². The number of aryl methyl sites for hydroxylation is 3. The van der Waals surface area contributed by atoms with E-state index in [-0.39, 0.29) is 11.9 Å². The summed E-state index contributed by atoms with van der Waals surface area (Å²) >= 11 is 0. The summed E-state index contributed by atoms with van der Waals surface area (Å²) < 4.78 is 1.70. The van der Waals surface area contributed by atoms with Crippen LogP contribution in [0.4, 0.5) is 0 Å². The number of benzene rings is 1. The van der Waals surface area contributed by atoms with Gasteiger partial charge in [0.25, 0.3) is 0 Å². The molecule has 0 saturated heterocycles. The van der Waals surface area contributed by atoms with Crippen molar-refractivity contribution in [3.8, 4) is 6.07 Å². The van der Waals surface area contributed by atoms with Crippen LogP contribution in [0.2, 0.25) is 0 Å². The number of hydrogen-bond acceptors (Lipinski definition) is 4. The van der Waals surface area contributed by atoms with Gasteiger partial charge in [0.15, 0.2) is 5.65 Å². The van der Waals surface area contributed by atoms with E-state index >= 15 is 0 Å². The normalized spacial score (nSPS) is 15.7. The maximum Gasteiger partial charge on any atom is 0.223 e. The highest BCUT2D eigenvalue weighted by molar-refractivity contribution is 5.77. The van der Waals surface area contributed by atoms with Crippen molar-refractivity contribution in [3.05, 3.63) is 64.1 Å². The Kier molecular flexibility index (Phi) is 5.06. The zero-order valence-corrected chi connectivity index (χ0v) is 17.1. The molecule has 0 radical (unpaired) electrons. The van der Waals surface area contributed by atoms with Crippen LogP contribution in [0.1, 0.15) is 58.9 Å². The van der Waals surface area contributed by atoms with Crippen LogP contribution in [0.5, 0.6) is 0 Å². The number of amides is 1. The van der Waals surface area contributed by atoms with Gasteiger partial charge in [0, 0.05) is 24.9 Å². The predicted octanol–water partition coefficient (Wildman–Crippen LogP) is 3.69.